The minimum atomic E-state index is -0.732. The lowest BCUT2D eigenvalue weighted by Gasteiger charge is -2.05. The van der Waals surface area contributed by atoms with Crippen LogP contribution in [0.5, 0.6) is 0 Å². The van der Waals surface area contributed by atoms with Crippen LogP contribution in [-0.2, 0) is 0 Å². The van der Waals surface area contributed by atoms with E-state index in [0.717, 1.165) is 5.82 Å². The van der Waals surface area contributed by atoms with Gasteiger partial charge in [-0.3, -0.25) is 5.10 Å². The van der Waals surface area contributed by atoms with Crippen molar-refractivity contribution < 1.29 is 5.11 Å². The quantitative estimate of drug-likeness (QED) is 0.758. The summed E-state index contributed by atoms with van der Waals surface area (Å²) in [7, 11) is 0. The Hall–Kier alpha value is -1.14. The van der Waals surface area contributed by atoms with Gasteiger partial charge in [-0.15, -0.1) is 0 Å². The van der Waals surface area contributed by atoms with Gasteiger partial charge in [-0.1, -0.05) is 0 Å². The molecule has 2 rings (SSSR count). The van der Waals surface area contributed by atoms with Gasteiger partial charge in [0.05, 0.1) is 11.9 Å². The summed E-state index contributed by atoms with van der Waals surface area (Å²) < 4.78 is 0.628. The standard InChI is InChI=1S/C8H9BrN4O/c1-4-12-6(8(9)13-4)7(14)5-2-10-11-3-5/h2-3,7,14H,1H3,(H,10,11)(H,12,13). The third-order valence-electron chi connectivity index (χ3n) is 1.91. The van der Waals surface area contributed by atoms with Crippen LogP contribution in [0.25, 0.3) is 0 Å². The van der Waals surface area contributed by atoms with Gasteiger partial charge in [0.25, 0.3) is 0 Å². The van der Waals surface area contributed by atoms with E-state index in [9.17, 15) is 5.11 Å². The van der Waals surface area contributed by atoms with Crippen LogP contribution in [0, 0.1) is 6.92 Å². The molecule has 0 fully saturated rings. The van der Waals surface area contributed by atoms with Crippen molar-refractivity contribution in [2.75, 3.05) is 0 Å². The highest BCUT2D eigenvalue weighted by Gasteiger charge is 2.17. The van der Waals surface area contributed by atoms with Crippen LogP contribution in [-0.4, -0.2) is 25.3 Å². The molecule has 0 aliphatic rings. The van der Waals surface area contributed by atoms with Gasteiger partial charge in [-0.05, 0) is 22.9 Å². The number of aromatic nitrogens is 4. The zero-order valence-corrected chi connectivity index (χ0v) is 9.04. The van der Waals surface area contributed by atoms with E-state index in [4.69, 9.17) is 0 Å². The Balaban J connectivity index is 2.36. The van der Waals surface area contributed by atoms with E-state index in [1.54, 1.807) is 12.4 Å². The SMILES string of the molecule is Cc1nc(Br)c(C(O)c2cn[nH]c2)[nH]1. The largest absolute Gasteiger partial charge is 0.382 e. The molecule has 5 nitrogen and oxygen atoms in total. The van der Waals surface area contributed by atoms with Gasteiger partial charge >= 0.3 is 0 Å². The first kappa shape index (κ1) is 9.42. The topological polar surface area (TPSA) is 77.6 Å². The summed E-state index contributed by atoms with van der Waals surface area (Å²) in [6.07, 6.45) is 2.49. The zero-order valence-electron chi connectivity index (χ0n) is 7.45. The average molecular weight is 257 g/mol. The Bertz CT molecular complexity index is 422. The highest BCUT2D eigenvalue weighted by Crippen LogP contribution is 2.25. The number of halogens is 1. The summed E-state index contributed by atoms with van der Waals surface area (Å²) in [5, 5.41) is 16.3. The summed E-state index contributed by atoms with van der Waals surface area (Å²) in [5.74, 6) is 0.759. The fourth-order valence-corrected chi connectivity index (χ4v) is 1.82. The molecule has 0 saturated heterocycles. The average Bonchev–Trinajstić information content (AvgIpc) is 2.73. The lowest BCUT2D eigenvalue weighted by molar-refractivity contribution is 0.215. The van der Waals surface area contributed by atoms with E-state index in [-0.39, 0.29) is 0 Å². The summed E-state index contributed by atoms with van der Waals surface area (Å²) in [4.78, 5) is 7.10. The van der Waals surface area contributed by atoms with Gasteiger partial charge < -0.3 is 10.1 Å². The van der Waals surface area contributed by atoms with Crippen molar-refractivity contribution in [3.63, 3.8) is 0 Å². The Morgan fingerprint density at radius 3 is 2.86 bits per heavy atom. The van der Waals surface area contributed by atoms with Crippen LogP contribution in [0.4, 0.5) is 0 Å². The molecule has 2 aromatic heterocycles. The zero-order chi connectivity index (χ0) is 10.1. The Morgan fingerprint density at radius 2 is 2.36 bits per heavy atom. The Labute approximate surface area is 88.7 Å². The van der Waals surface area contributed by atoms with Crippen LogP contribution in [0.15, 0.2) is 17.0 Å². The minimum Gasteiger partial charge on any atom is -0.382 e. The summed E-state index contributed by atoms with van der Waals surface area (Å²) in [6.45, 7) is 1.83. The lowest BCUT2D eigenvalue weighted by Crippen LogP contribution is -1.99. The maximum absolute atomic E-state index is 9.91. The second kappa shape index (κ2) is 3.55. The molecule has 0 radical (unpaired) electrons. The molecule has 1 atom stereocenters. The van der Waals surface area contributed by atoms with Crippen molar-refractivity contribution in [2.45, 2.75) is 13.0 Å². The maximum Gasteiger partial charge on any atom is 0.130 e. The normalized spacial score (nSPS) is 13.1. The smallest absolute Gasteiger partial charge is 0.130 e. The summed E-state index contributed by atoms with van der Waals surface area (Å²) >= 11 is 3.27. The van der Waals surface area contributed by atoms with Crippen molar-refractivity contribution in [1.29, 1.82) is 0 Å². The first-order chi connectivity index (χ1) is 6.68. The number of hydrogen-bond acceptors (Lipinski definition) is 3. The lowest BCUT2D eigenvalue weighted by atomic mass is 10.1. The summed E-state index contributed by atoms with van der Waals surface area (Å²) in [5.41, 5.74) is 1.35. The van der Waals surface area contributed by atoms with Crippen molar-refractivity contribution >= 4 is 15.9 Å². The van der Waals surface area contributed by atoms with E-state index < -0.39 is 6.10 Å². The monoisotopic (exact) mass is 256 g/mol. The molecule has 1 unspecified atom stereocenters. The van der Waals surface area contributed by atoms with E-state index >= 15 is 0 Å². The maximum atomic E-state index is 9.91. The minimum absolute atomic E-state index is 0.628. The van der Waals surface area contributed by atoms with Crippen LogP contribution >= 0.6 is 15.9 Å². The van der Waals surface area contributed by atoms with Crippen molar-refractivity contribution in [3.8, 4) is 0 Å². The van der Waals surface area contributed by atoms with Crippen LogP contribution < -0.4 is 0 Å². The molecule has 6 heteroatoms. The van der Waals surface area contributed by atoms with Gasteiger partial charge in [0.15, 0.2) is 0 Å². The number of aryl methyl sites for hydroxylation is 1. The molecule has 74 valence electrons. The number of rotatable bonds is 2. The predicted molar refractivity (Wildman–Crippen MR) is 53.7 cm³/mol. The third kappa shape index (κ3) is 1.58. The Morgan fingerprint density at radius 1 is 1.57 bits per heavy atom. The number of nitrogens with one attached hydrogen (secondary N) is 2. The second-order valence-electron chi connectivity index (χ2n) is 2.96. The summed E-state index contributed by atoms with van der Waals surface area (Å²) in [6, 6.07) is 0. The van der Waals surface area contributed by atoms with Gasteiger partial charge in [0.1, 0.15) is 16.5 Å². The first-order valence-corrected chi connectivity index (χ1v) is 4.86. The molecule has 0 spiro atoms. The third-order valence-corrected chi connectivity index (χ3v) is 2.52. The number of nitrogens with zero attached hydrogens (tertiary/aromatic N) is 2. The number of H-pyrrole nitrogens is 2. The number of aromatic amines is 2. The molecule has 0 aliphatic heterocycles. The first-order valence-electron chi connectivity index (χ1n) is 4.07. The van der Waals surface area contributed by atoms with Crippen molar-refractivity contribution in [1.82, 2.24) is 20.2 Å². The van der Waals surface area contributed by atoms with Crippen LogP contribution in [0.1, 0.15) is 23.2 Å². The predicted octanol–water partition coefficient (Wildman–Crippen LogP) is 1.29. The fraction of sp³-hybridized carbons (Fsp3) is 0.250. The van der Waals surface area contributed by atoms with E-state index in [2.05, 4.69) is 36.1 Å². The second-order valence-corrected chi connectivity index (χ2v) is 3.71. The van der Waals surface area contributed by atoms with Gasteiger partial charge in [0.2, 0.25) is 0 Å². The molecule has 0 bridgehead atoms. The van der Waals surface area contributed by atoms with E-state index in [1.807, 2.05) is 6.92 Å². The molecular weight excluding hydrogens is 248 g/mol. The number of hydrogen-bond donors (Lipinski definition) is 3. The molecule has 0 aromatic carbocycles. The molecule has 2 aromatic rings. The number of aliphatic hydroxyl groups excluding tert-OH is 1. The highest BCUT2D eigenvalue weighted by atomic mass is 79.9. The molecular formula is C8H9BrN4O. The molecule has 3 N–H and O–H groups in total. The molecule has 2 heterocycles. The highest BCUT2D eigenvalue weighted by molar-refractivity contribution is 9.10. The molecule has 0 saturated carbocycles. The van der Waals surface area contributed by atoms with Gasteiger partial charge in [0, 0.05) is 11.8 Å². The van der Waals surface area contributed by atoms with Crippen LogP contribution in [0.2, 0.25) is 0 Å². The van der Waals surface area contributed by atoms with Gasteiger partial charge in [-0.2, -0.15) is 5.10 Å². The van der Waals surface area contributed by atoms with E-state index in [0.29, 0.717) is 15.9 Å². The molecule has 0 amide bonds. The van der Waals surface area contributed by atoms with Crippen molar-refractivity contribution in [2.24, 2.45) is 0 Å². The van der Waals surface area contributed by atoms with E-state index in [1.165, 1.54) is 0 Å². The van der Waals surface area contributed by atoms with Crippen molar-refractivity contribution in [3.05, 3.63) is 34.1 Å². The fourth-order valence-electron chi connectivity index (χ4n) is 1.24. The number of imidazole rings is 1. The number of aliphatic hydroxyl groups is 1. The van der Waals surface area contributed by atoms with Crippen LogP contribution in [0.3, 0.4) is 0 Å². The van der Waals surface area contributed by atoms with Gasteiger partial charge in [-0.25, -0.2) is 4.98 Å². The molecule has 14 heavy (non-hydrogen) atoms. The Kier molecular flexibility index (Phi) is 2.39. The molecule has 0 aliphatic carbocycles.